The molecular weight excluding hydrogens is 342 g/mol. The van der Waals surface area contributed by atoms with Gasteiger partial charge in [-0.2, -0.15) is 26.3 Å². The minimum atomic E-state index is -6.38. The number of carbonyl (C=O) groups excluding carboxylic acids is 1. The van der Waals surface area contributed by atoms with Crippen LogP contribution in [0, 0.1) is 0 Å². The van der Waals surface area contributed by atoms with Crippen LogP contribution in [0.5, 0.6) is 0 Å². The summed E-state index contributed by atoms with van der Waals surface area (Å²) in [4.78, 5) is 10.9. The van der Waals surface area contributed by atoms with E-state index in [1.165, 1.54) is 7.11 Å². The summed E-state index contributed by atoms with van der Waals surface area (Å²) in [6.45, 7) is -0.781. The Morgan fingerprint density at radius 2 is 1.22 bits per heavy atom. The maximum Gasteiger partial charge on any atom is 0.399 e. The molecule has 0 saturated heterocycles. The van der Waals surface area contributed by atoms with E-state index in [1.807, 2.05) is 0 Å². The average Bonchev–Trinajstić information content (AvgIpc) is 2.41. The first-order chi connectivity index (χ1) is 10.5. The molecule has 6 nitrogen and oxygen atoms in total. The summed E-state index contributed by atoms with van der Waals surface area (Å²) in [6.07, 6.45) is -12.8. The van der Waals surface area contributed by atoms with Gasteiger partial charge in [0.25, 0.3) is 0 Å². The zero-order valence-corrected chi connectivity index (χ0v) is 12.0. The van der Waals surface area contributed by atoms with Gasteiger partial charge in [-0.05, 0) is 0 Å². The lowest BCUT2D eigenvalue weighted by Gasteiger charge is -2.40. The molecule has 0 fully saturated rings. The molecule has 0 aromatic carbocycles. The molecule has 0 bridgehead atoms. The van der Waals surface area contributed by atoms with Crippen molar-refractivity contribution >= 4 is 5.97 Å². The summed E-state index contributed by atoms with van der Waals surface area (Å²) >= 11 is 0. The van der Waals surface area contributed by atoms with Crippen LogP contribution in [0.2, 0.25) is 0 Å². The van der Waals surface area contributed by atoms with Crippen LogP contribution in [0.15, 0.2) is 0 Å². The number of methoxy groups -OCH3 is 1. The number of hydrogen-bond acceptors (Lipinski definition) is 6. The van der Waals surface area contributed by atoms with Gasteiger partial charge in [0, 0.05) is 7.11 Å². The van der Waals surface area contributed by atoms with E-state index in [4.69, 9.17) is 9.47 Å². The number of hydrogen-bond donors (Lipinski definition) is 0. The Kier molecular flexibility index (Phi) is 8.80. The fourth-order valence-electron chi connectivity index (χ4n) is 1.15. The Morgan fingerprint density at radius 1 is 0.826 bits per heavy atom. The molecule has 0 unspecified atom stereocenters. The molecule has 12 heteroatoms. The minimum absolute atomic E-state index is 0.0394. The highest BCUT2D eigenvalue weighted by Crippen LogP contribution is 2.41. The van der Waals surface area contributed by atoms with Crippen LogP contribution in [0.4, 0.5) is 26.3 Å². The second-order valence-electron chi connectivity index (χ2n) is 4.03. The third-order valence-electron chi connectivity index (χ3n) is 2.35. The quantitative estimate of drug-likeness (QED) is 0.321. The molecule has 0 N–H and O–H groups in total. The van der Waals surface area contributed by atoms with Crippen LogP contribution in [0.1, 0.15) is 0 Å². The molecule has 0 atom stereocenters. The number of esters is 1. The highest BCUT2D eigenvalue weighted by Gasteiger charge is 2.68. The van der Waals surface area contributed by atoms with E-state index in [2.05, 4.69) is 9.47 Å². The molecule has 0 spiro atoms. The van der Waals surface area contributed by atoms with Crippen LogP contribution in [0.3, 0.4) is 0 Å². The lowest BCUT2D eigenvalue weighted by molar-refractivity contribution is -0.574. The van der Waals surface area contributed by atoms with E-state index in [0.717, 1.165) is 0 Å². The van der Waals surface area contributed by atoms with Gasteiger partial charge in [0.2, 0.25) is 0 Å². The van der Waals surface area contributed by atoms with Gasteiger partial charge < -0.3 is 24.1 Å². The molecule has 0 amide bonds. The number of rotatable bonds is 10. The van der Waals surface area contributed by atoms with E-state index in [0.29, 0.717) is 6.61 Å². The van der Waals surface area contributed by atoms with Crippen molar-refractivity contribution in [2.45, 2.75) is 18.0 Å². The lowest BCUT2D eigenvalue weighted by atomic mass is 10.0. The standard InChI is InChI=1S/C11H15F6O6/c1-20-2-3-21-4-5-22-6-7-23-8(18)9(19,10(12,13)14)11(15,16)17/h2-7H2,1H3/q-1. The monoisotopic (exact) mass is 357 g/mol. The highest BCUT2D eigenvalue weighted by molar-refractivity contribution is 5.81. The van der Waals surface area contributed by atoms with Crippen molar-refractivity contribution < 1.29 is 55.2 Å². The number of ether oxygens (including phenoxy) is 4. The molecular formula is C11H15F6O6-. The van der Waals surface area contributed by atoms with Crippen molar-refractivity contribution in [3.8, 4) is 0 Å². The van der Waals surface area contributed by atoms with Gasteiger partial charge in [-0.3, -0.25) is 4.79 Å². The van der Waals surface area contributed by atoms with E-state index >= 15 is 0 Å². The van der Waals surface area contributed by atoms with Gasteiger partial charge in [-0.25, -0.2) is 0 Å². The predicted octanol–water partition coefficient (Wildman–Crippen LogP) is 0.433. The average molecular weight is 357 g/mol. The van der Waals surface area contributed by atoms with Gasteiger partial charge in [-0.15, -0.1) is 0 Å². The van der Waals surface area contributed by atoms with Crippen molar-refractivity contribution in [1.82, 2.24) is 0 Å². The summed E-state index contributed by atoms with van der Waals surface area (Å²) in [5.41, 5.74) is -5.83. The Morgan fingerprint density at radius 3 is 1.61 bits per heavy atom. The van der Waals surface area contributed by atoms with Gasteiger partial charge in [0.1, 0.15) is 6.61 Å². The van der Waals surface area contributed by atoms with Crippen LogP contribution in [-0.2, 0) is 23.7 Å². The number of alkyl halides is 6. The maximum atomic E-state index is 12.2. The van der Waals surface area contributed by atoms with E-state index in [1.54, 1.807) is 0 Å². The Balaban J connectivity index is 4.18. The molecule has 0 aromatic heterocycles. The fraction of sp³-hybridized carbons (Fsp3) is 0.909. The zero-order valence-electron chi connectivity index (χ0n) is 12.0. The highest BCUT2D eigenvalue weighted by atomic mass is 19.4. The van der Waals surface area contributed by atoms with Crippen molar-refractivity contribution in [3.63, 3.8) is 0 Å². The van der Waals surface area contributed by atoms with Gasteiger partial charge in [-0.1, -0.05) is 0 Å². The topological polar surface area (TPSA) is 77.0 Å². The molecule has 23 heavy (non-hydrogen) atoms. The fourth-order valence-corrected chi connectivity index (χ4v) is 1.15. The molecule has 0 aliphatic carbocycles. The van der Waals surface area contributed by atoms with Gasteiger partial charge >= 0.3 is 18.3 Å². The predicted molar refractivity (Wildman–Crippen MR) is 59.3 cm³/mol. The molecule has 0 saturated carbocycles. The first-order valence-electron chi connectivity index (χ1n) is 6.14. The van der Waals surface area contributed by atoms with E-state index in [-0.39, 0.29) is 19.8 Å². The van der Waals surface area contributed by atoms with Gasteiger partial charge in [0.05, 0.1) is 33.0 Å². The lowest BCUT2D eigenvalue weighted by Crippen LogP contribution is -2.71. The molecule has 138 valence electrons. The van der Waals surface area contributed by atoms with Crippen LogP contribution >= 0.6 is 0 Å². The Bertz CT molecular complexity index is 342. The molecule has 0 aromatic rings. The van der Waals surface area contributed by atoms with Crippen LogP contribution in [-0.4, -0.2) is 70.7 Å². The number of carbonyl (C=O) groups is 1. The van der Waals surface area contributed by atoms with Crippen LogP contribution in [0.25, 0.3) is 0 Å². The summed E-state index contributed by atoms with van der Waals surface area (Å²) in [5.74, 6) is -2.97. The van der Waals surface area contributed by atoms with E-state index < -0.39 is 37.1 Å². The first kappa shape index (κ1) is 21.9. The largest absolute Gasteiger partial charge is 0.828 e. The van der Waals surface area contributed by atoms with E-state index in [9.17, 15) is 36.2 Å². The molecule has 0 aliphatic heterocycles. The minimum Gasteiger partial charge on any atom is -0.828 e. The summed E-state index contributed by atoms with van der Waals surface area (Å²) in [5, 5.41) is 10.9. The molecule has 0 heterocycles. The van der Waals surface area contributed by atoms with Crippen molar-refractivity contribution in [2.75, 3.05) is 46.8 Å². The molecule has 0 aliphatic rings. The smallest absolute Gasteiger partial charge is 0.399 e. The van der Waals surface area contributed by atoms with Crippen molar-refractivity contribution in [2.24, 2.45) is 0 Å². The Hall–Kier alpha value is -1.11. The normalized spacial score (nSPS) is 13.2. The van der Waals surface area contributed by atoms with Crippen LogP contribution < -0.4 is 5.11 Å². The third kappa shape index (κ3) is 6.49. The third-order valence-corrected chi connectivity index (χ3v) is 2.35. The van der Waals surface area contributed by atoms with Crippen molar-refractivity contribution in [3.05, 3.63) is 0 Å². The molecule has 0 rings (SSSR count). The Labute approximate surface area is 127 Å². The second-order valence-corrected chi connectivity index (χ2v) is 4.03. The SMILES string of the molecule is COCCOCCOCCOC(=O)C([O-])(C(F)(F)F)C(F)(F)F. The zero-order chi connectivity index (χ0) is 18.1. The summed E-state index contributed by atoms with van der Waals surface area (Å²) < 4.78 is 91.5. The molecule has 0 radical (unpaired) electrons. The summed E-state index contributed by atoms with van der Waals surface area (Å²) in [6, 6.07) is 0. The van der Waals surface area contributed by atoms with Gasteiger partial charge in [0.15, 0.2) is 5.60 Å². The summed E-state index contributed by atoms with van der Waals surface area (Å²) in [7, 11) is 1.45. The van der Waals surface area contributed by atoms with Crippen molar-refractivity contribution in [1.29, 1.82) is 0 Å². The maximum absolute atomic E-state index is 12.2. The first-order valence-corrected chi connectivity index (χ1v) is 6.14. The second kappa shape index (κ2) is 9.25. The number of halogens is 6.